The Bertz CT molecular complexity index is 859. The van der Waals surface area contributed by atoms with E-state index in [2.05, 4.69) is 0 Å². The second-order valence-electron chi connectivity index (χ2n) is 3.65. The largest absolute Gasteiger partial charge is 0.496 e. The molecule has 3 heteroatoms. The maximum absolute atomic E-state index is 11.5. The fourth-order valence-electron chi connectivity index (χ4n) is 1.71. The molecule has 0 spiro atoms. The van der Waals surface area contributed by atoms with Gasteiger partial charge in [-0.2, -0.15) is 0 Å². The lowest BCUT2D eigenvalue weighted by atomic mass is 10.1. The van der Waals surface area contributed by atoms with Crippen LogP contribution in [-0.2, 0) is 6.42 Å². The van der Waals surface area contributed by atoms with Crippen LogP contribution in [0.25, 0.3) is 11.0 Å². The Morgan fingerprint density at radius 2 is 2.22 bits per heavy atom. The van der Waals surface area contributed by atoms with Crippen LogP contribution < -0.4 is 10.4 Å². The molecule has 0 aliphatic carbocycles. The number of fused-ring (bicyclic) bond motifs is 1. The van der Waals surface area contributed by atoms with E-state index in [1.807, 2.05) is 0 Å². The van der Waals surface area contributed by atoms with E-state index in [1.165, 1.54) is 19.2 Å². The Balaban J connectivity index is 2.71. The third-order valence-electron chi connectivity index (χ3n) is 2.51. The van der Waals surface area contributed by atoms with E-state index < -0.39 is 31.0 Å². The van der Waals surface area contributed by atoms with Gasteiger partial charge >= 0.3 is 5.63 Å². The molecular weight excluding hydrogens is 228 g/mol. The van der Waals surface area contributed by atoms with Gasteiger partial charge in [0.05, 0.1) is 8.48 Å². The first-order valence-electron chi connectivity index (χ1n) is 8.75. The maximum Gasteiger partial charge on any atom is 0.336 e. The smallest absolute Gasteiger partial charge is 0.336 e. The van der Waals surface area contributed by atoms with Crippen LogP contribution in [0.3, 0.4) is 0 Å². The van der Waals surface area contributed by atoms with Crippen LogP contribution in [0.4, 0.5) is 0 Å². The normalized spacial score (nSPS) is 17.5. The molecule has 1 aromatic heterocycles. The molecule has 3 nitrogen and oxygen atoms in total. The van der Waals surface area contributed by atoms with E-state index in [0.29, 0.717) is 5.39 Å². The summed E-state index contributed by atoms with van der Waals surface area (Å²) in [6.45, 7) is -5.89. The molecule has 1 aromatic carbocycles. The maximum atomic E-state index is 11.5. The van der Waals surface area contributed by atoms with E-state index in [1.54, 1.807) is 12.1 Å². The van der Waals surface area contributed by atoms with Crippen molar-refractivity contribution >= 4 is 11.0 Å². The average Bonchev–Trinajstić information content (AvgIpc) is 2.44. The Kier molecular flexibility index (Phi) is 1.76. The fourth-order valence-corrected chi connectivity index (χ4v) is 1.71. The third-order valence-corrected chi connectivity index (χ3v) is 2.51. The van der Waals surface area contributed by atoms with Gasteiger partial charge in [0.1, 0.15) is 11.3 Å². The lowest BCUT2D eigenvalue weighted by Gasteiger charge is -2.09. The number of allylic oxidation sites excluding steroid dienone is 2. The summed E-state index contributed by atoms with van der Waals surface area (Å²) in [5, 5.41) is 0.549. The highest BCUT2D eigenvalue weighted by Crippen LogP contribution is 2.28. The van der Waals surface area contributed by atoms with Gasteiger partial charge in [0.2, 0.25) is 0 Å². The third kappa shape index (κ3) is 2.45. The summed E-state index contributed by atoms with van der Waals surface area (Å²) < 4.78 is 63.0. The van der Waals surface area contributed by atoms with E-state index in [-0.39, 0.29) is 23.3 Å². The molecule has 0 bridgehead atoms. The second-order valence-corrected chi connectivity index (χ2v) is 3.65. The van der Waals surface area contributed by atoms with Crippen LogP contribution in [-0.4, -0.2) is 7.11 Å². The lowest BCUT2D eigenvalue weighted by molar-refractivity contribution is 0.409. The number of ether oxygens (including phenoxy) is 1. The molecule has 0 atom stereocenters. The van der Waals surface area contributed by atoms with Gasteiger partial charge in [-0.05, 0) is 38.3 Å². The summed E-state index contributed by atoms with van der Waals surface area (Å²) in [4.78, 5) is 11.5. The summed E-state index contributed by atoms with van der Waals surface area (Å²) >= 11 is 0. The predicted molar refractivity (Wildman–Crippen MR) is 72.2 cm³/mol. The summed E-state index contributed by atoms with van der Waals surface area (Å²) in [6.07, 6.45) is -0.362. The first-order chi connectivity index (χ1) is 11.4. The van der Waals surface area contributed by atoms with Gasteiger partial charge in [-0.1, -0.05) is 11.6 Å². The van der Waals surface area contributed by atoms with E-state index in [9.17, 15) is 4.79 Å². The number of methoxy groups -OCH3 is 1. The van der Waals surface area contributed by atoms with Gasteiger partial charge in [0.15, 0.2) is 0 Å². The Labute approximate surface area is 116 Å². The van der Waals surface area contributed by atoms with Crippen LogP contribution in [0.1, 0.15) is 28.9 Å². The molecule has 0 aliphatic rings. The molecule has 0 aliphatic heterocycles. The lowest BCUT2D eigenvalue weighted by Crippen LogP contribution is -1.99. The van der Waals surface area contributed by atoms with Crippen molar-refractivity contribution in [3.63, 3.8) is 0 Å². The van der Waals surface area contributed by atoms with Gasteiger partial charge in [-0.15, -0.1) is 0 Å². The van der Waals surface area contributed by atoms with Crippen molar-refractivity contribution < 1.29 is 18.7 Å². The minimum absolute atomic E-state index is 0.132. The number of hydrogen-bond acceptors (Lipinski definition) is 3. The average molecular weight is 251 g/mol. The van der Waals surface area contributed by atoms with Crippen molar-refractivity contribution in [3.05, 3.63) is 51.9 Å². The standard InChI is InChI=1S/C15H16O3/c1-10(2)4-7-12-13(17-3)8-5-11-6-9-14(16)18-15(11)12/h4-6,8-9H,7H2,1-3H3/i1D3,2D3,4D. The van der Waals surface area contributed by atoms with Crippen molar-refractivity contribution in [2.24, 2.45) is 0 Å². The van der Waals surface area contributed by atoms with E-state index >= 15 is 0 Å². The highest BCUT2D eigenvalue weighted by molar-refractivity contribution is 5.82. The molecule has 2 aromatic rings. The molecule has 2 rings (SSSR count). The van der Waals surface area contributed by atoms with E-state index in [0.717, 1.165) is 0 Å². The first-order valence-corrected chi connectivity index (χ1v) is 5.25. The SMILES string of the molecule is [2H]C(Cc1c(OC)ccc2ccc(=O)oc12)=C(C([2H])([2H])[2H])C([2H])([2H])[2H]. The van der Waals surface area contributed by atoms with Crippen LogP contribution in [0.15, 0.2) is 45.1 Å². The van der Waals surface area contributed by atoms with Crippen LogP contribution in [0.2, 0.25) is 0 Å². The Morgan fingerprint density at radius 3 is 2.94 bits per heavy atom. The van der Waals surface area contributed by atoms with Crippen molar-refractivity contribution in [1.29, 1.82) is 0 Å². The van der Waals surface area contributed by atoms with Crippen LogP contribution in [0, 0.1) is 0 Å². The monoisotopic (exact) mass is 251 g/mol. The molecule has 0 N–H and O–H groups in total. The number of benzene rings is 1. The highest BCUT2D eigenvalue weighted by atomic mass is 16.5. The van der Waals surface area contributed by atoms with Crippen LogP contribution in [0.5, 0.6) is 5.75 Å². The summed E-state index contributed by atoms with van der Waals surface area (Å²) in [5.74, 6) is 0.266. The molecule has 0 amide bonds. The van der Waals surface area contributed by atoms with Crippen molar-refractivity contribution in [3.8, 4) is 5.75 Å². The van der Waals surface area contributed by atoms with E-state index in [4.69, 9.17) is 18.7 Å². The minimum atomic E-state index is -2.94. The Hall–Kier alpha value is -2.03. The zero-order valence-corrected chi connectivity index (χ0v) is 9.74. The molecule has 0 saturated heterocycles. The van der Waals surface area contributed by atoms with Crippen molar-refractivity contribution in [2.45, 2.75) is 20.1 Å². The molecule has 0 radical (unpaired) electrons. The number of hydrogen-bond donors (Lipinski definition) is 0. The van der Waals surface area contributed by atoms with Crippen LogP contribution >= 0.6 is 0 Å². The van der Waals surface area contributed by atoms with Gasteiger partial charge < -0.3 is 9.15 Å². The molecule has 0 fully saturated rings. The fraction of sp³-hybridized carbons (Fsp3) is 0.267. The van der Waals surface area contributed by atoms with Gasteiger partial charge in [-0.3, -0.25) is 0 Å². The molecule has 18 heavy (non-hydrogen) atoms. The molecule has 94 valence electrons. The second kappa shape index (κ2) is 5.08. The van der Waals surface area contributed by atoms with Gasteiger partial charge in [0.25, 0.3) is 0 Å². The molecular formula is C15H16O3. The summed E-state index contributed by atoms with van der Waals surface area (Å²) in [6, 6.07) is 5.38. The van der Waals surface area contributed by atoms with Crippen molar-refractivity contribution in [2.75, 3.05) is 7.11 Å². The summed E-state index contributed by atoms with van der Waals surface area (Å²) in [7, 11) is 1.37. The van der Waals surface area contributed by atoms with Crippen molar-refractivity contribution in [1.82, 2.24) is 0 Å². The zero-order chi connectivity index (χ0) is 19.0. The van der Waals surface area contributed by atoms with Gasteiger partial charge in [-0.25, -0.2) is 4.79 Å². The zero-order valence-electron chi connectivity index (χ0n) is 16.7. The number of rotatable bonds is 3. The Morgan fingerprint density at radius 1 is 1.44 bits per heavy atom. The summed E-state index contributed by atoms with van der Waals surface area (Å²) in [5.41, 5.74) is -1.16. The minimum Gasteiger partial charge on any atom is -0.496 e. The molecule has 1 heterocycles. The topological polar surface area (TPSA) is 39.4 Å². The molecule has 0 unspecified atom stereocenters. The quantitative estimate of drug-likeness (QED) is 0.620. The molecule has 0 saturated carbocycles. The highest BCUT2D eigenvalue weighted by Gasteiger charge is 2.09. The first kappa shape index (κ1) is 6.23. The predicted octanol–water partition coefficient (Wildman–Crippen LogP) is 3.31. The van der Waals surface area contributed by atoms with Gasteiger partial charge in [0, 0.05) is 25.2 Å².